The maximum atomic E-state index is 5.82. The number of benzene rings is 1. The highest BCUT2D eigenvalue weighted by Gasteiger charge is 2.03. The Kier molecular flexibility index (Phi) is 5.95. The second-order valence-corrected chi connectivity index (χ2v) is 6.06. The minimum atomic E-state index is 0.169. The smallest absolute Gasteiger partial charge is 0.188 e. The number of fused-ring (bicyclic) bond motifs is 1. The van der Waals surface area contributed by atoms with Crippen LogP contribution in [0.1, 0.15) is 18.4 Å². The van der Waals surface area contributed by atoms with Crippen LogP contribution in [0, 0.1) is 0 Å². The van der Waals surface area contributed by atoms with Crippen LogP contribution in [0.3, 0.4) is 0 Å². The van der Waals surface area contributed by atoms with Crippen molar-refractivity contribution < 1.29 is 4.74 Å². The zero-order chi connectivity index (χ0) is 15.1. The van der Waals surface area contributed by atoms with Gasteiger partial charge in [0.15, 0.2) is 5.96 Å². The van der Waals surface area contributed by atoms with E-state index >= 15 is 0 Å². The summed E-state index contributed by atoms with van der Waals surface area (Å²) in [6.45, 7) is 3.32. The Hall–Kier alpha value is -1.66. The molecule has 2 rings (SSSR count). The van der Waals surface area contributed by atoms with Crippen LogP contribution in [0.5, 0.6) is 0 Å². The van der Waals surface area contributed by atoms with Crippen LogP contribution in [0.25, 0.3) is 10.2 Å². The van der Waals surface area contributed by atoms with Crippen molar-refractivity contribution in [1.82, 2.24) is 10.3 Å². The van der Waals surface area contributed by atoms with Gasteiger partial charge in [-0.1, -0.05) is 12.1 Å². The van der Waals surface area contributed by atoms with Gasteiger partial charge in [-0.05, 0) is 25.5 Å². The molecular weight excluding hydrogens is 284 g/mol. The first kappa shape index (κ1) is 15.7. The van der Waals surface area contributed by atoms with E-state index in [0.29, 0.717) is 19.1 Å². The minimum Gasteiger partial charge on any atom is -0.383 e. The topological polar surface area (TPSA) is 72.5 Å². The summed E-state index contributed by atoms with van der Waals surface area (Å²) in [7, 11) is 1.67. The predicted octanol–water partition coefficient (Wildman–Crippen LogP) is 2.17. The van der Waals surface area contributed by atoms with Gasteiger partial charge in [0.05, 0.1) is 21.8 Å². The fourth-order valence-corrected chi connectivity index (χ4v) is 3.06. The van der Waals surface area contributed by atoms with Gasteiger partial charge in [-0.25, -0.2) is 4.98 Å². The molecule has 0 bridgehead atoms. The number of guanidine groups is 1. The Labute approximate surface area is 129 Å². The molecule has 1 aromatic heterocycles. The molecule has 0 fully saturated rings. The van der Waals surface area contributed by atoms with Crippen molar-refractivity contribution in [3.63, 3.8) is 0 Å². The third kappa shape index (κ3) is 4.99. The zero-order valence-corrected chi connectivity index (χ0v) is 13.3. The van der Waals surface area contributed by atoms with E-state index < -0.39 is 0 Å². The summed E-state index contributed by atoms with van der Waals surface area (Å²) in [5.74, 6) is 0.476. The third-order valence-electron chi connectivity index (χ3n) is 2.98. The van der Waals surface area contributed by atoms with E-state index in [4.69, 9.17) is 10.5 Å². The first-order chi connectivity index (χ1) is 10.2. The normalized spacial score (nSPS) is 13.5. The average Bonchev–Trinajstić information content (AvgIpc) is 2.86. The second-order valence-electron chi connectivity index (χ2n) is 4.95. The van der Waals surface area contributed by atoms with E-state index in [-0.39, 0.29) is 6.04 Å². The fourth-order valence-electron chi connectivity index (χ4n) is 2.05. The van der Waals surface area contributed by atoms with Gasteiger partial charge in [0.25, 0.3) is 0 Å². The van der Waals surface area contributed by atoms with Crippen LogP contribution < -0.4 is 11.1 Å². The molecular formula is C15H22N4OS. The molecule has 0 saturated carbocycles. The third-order valence-corrected chi connectivity index (χ3v) is 4.08. The summed E-state index contributed by atoms with van der Waals surface area (Å²) in [4.78, 5) is 8.93. The summed E-state index contributed by atoms with van der Waals surface area (Å²) < 4.78 is 6.28. The molecule has 1 heterocycles. The molecule has 3 N–H and O–H groups in total. The number of nitrogens with one attached hydrogen (secondary N) is 1. The van der Waals surface area contributed by atoms with E-state index in [2.05, 4.69) is 21.4 Å². The van der Waals surface area contributed by atoms with Crippen molar-refractivity contribution in [2.24, 2.45) is 10.7 Å². The zero-order valence-electron chi connectivity index (χ0n) is 12.5. The number of hydrogen-bond acceptors (Lipinski definition) is 4. The van der Waals surface area contributed by atoms with Crippen molar-refractivity contribution in [3.05, 3.63) is 29.3 Å². The molecule has 114 valence electrons. The Morgan fingerprint density at radius 2 is 2.29 bits per heavy atom. The summed E-state index contributed by atoms with van der Waals surface area (Å²) >= 11 is 1.75. The predicted molar refractivity (Wildman–Crippen MR) is 88.9 cm³/mol. The maximum Gasteiger partial charge on any atom is 0.188 e. The van der Waals surface area contributed by atoms with Crippen LogP contribution in [-0.4, -0.2) is 37.2 Å². The summed E-state index contributed by atoms with van der Waals surface area (Å²) in [5.41, 5.74) is 6.90. The minimum absolute atomic E-state index is 0.169. The molecule has 1 aromatic carbocycles. The van der Waals surface area contributed by atoms with Crippen LogP contribution in [0.4, 0.5) is 0 Å². The molecule has 0 spiro atoms. The molecule has 0 aliphatic heterocycles. The number of rotatable bonds is 7. The molecule has 6 heteroatoms. The van der Waals surface area contributed by atoms with Gasteiger partial charge in [0.2, 0.25) is 0 Å². The Morgan fingerprint density at radius 3 is 3.05 bits per heavy atom. The largest absolute Gasteiger partial charge is 0.383 e. The summed E-state index contributed by atoms with van der Waals surface area (Å²) in [6, 6.07) is 8.38. The van der Waals surface area contributed by atoms with Crippen molar-refractivity contribution in [1.29, 1.82) is 0 Å². The van der Waals surface area contributed by atoms with Crippen molar-refractivity contribution >= 4 is 27.5 Å². The van der Waals surface area contributed by atoms with Crippen LogP contribution >= 0.6 is 11.3 Å². The van der Waals surface area contributed by atoms with Crippen LogP contribution in [-0.2, 0) is 11.2 Å². The van der Waals surface area contributed by atoms with Gasteiger partial charge in [0, 0.05) is 26.1 Å². The van der Waals surface area contributed by atoms with Gasteiger partial charge >= 0.3 is 0 Å². The highest BCUT2D eigenvalue weighted by Crippen LogP contribution is 2.22. The summed E-state index contributed by atoms with van der Waals surface area (Å²) in [5, 5.41) is 4.25. The number of aliphatic imine (C=N–C) groups is 1. The SMILES string of the molecule is COCC(C)NC(N)=NCCCc1nc2ccccc2s1. The van der Waals surface area contributed by atoms with Crippen molar-refractivity contribution in [2.75, 3.05) is 20.3 Å². The lowest BCUT2D eigenvalue weighted by Gasteiger charge is -2.12. The lowest BCUT2D eigenvalue weighted by molar-refractivity contribution is 0.179. The number of methoxy groups -OCH3 is 1. The monoisotopic (exact) mass is 306 g/mol. The van der Waals surface area contributed by atoms with Gasteiger partial charge in [-0.15, -0.1) is 11.3 Å². The quantitative estimate of drug-likeness (QED) is 0.467. The highest BCUT2D eigenvalue weighted by molar-refractivity contribution is 7.18. The Balaban J connectivity index is 1.76. The standard InChI is InChI=1S/C15H22N4OS/c1-11(10-20-2)18-15(16)17-9-5-8-14-19-12-6-3-4-7-13(12)21-14/h3-4,6-7,11H,5,8-10H2,1-2H3,(H3,16,17,18). The number of nitrogens with two attached hydrogens (primary N) is 1. The number of thiazole rings is 1. The van der Waals surface area contributed by atoms with Gasteiger partial charge in [0.1, 0.15) is 0 Å². The molecule has 2 aromatic rings. The summed E-state index contributed by atoms with van der Waals surface area (Å²) in [6.07, 6.45) is 1.88. The first-order valence-electron chi connectivity index (χ1n) is 7.09. The highest BCUT2D eigenvalue weighted by atomic mass is 32.1. The Morgan fingerprint density at radius 1 is 1.48 bits per heavy atom. The second kappa shape index (κ2) is 7.95. The van der Waals surface area contributed by atoms with E-state index in [1.807, 2.05) is 25.1 Å². The molecule has 0 radical (unpaired) electrons. The van der Waals surface area contributed by atoms with Crippen molar-refractivity contribution in [2.45, 2.75) is 25.8 Å². The number of para-hydroxylation sites is 1. The van der Waals surface area contributed by atoms with Crippen molar-refractivity contribution in [3.8, 4) is 0 Å². The van der Waals surface area contributed by atoms with E-state index in [9.17, 15) is 0 Å². The lowest BCUT2D eigenvalue weighted by Crippen LogP contribution is -2.40. The maximum absolute atomic E-state index is 5.82. The van der Waals surface area contributed by atoms with E-state index in [1.165, 1.54) is 4.70 Å². The molecule has 1 unspecified atom stereocenters. The number of aryl methyl sites for hydroxylation is 1. The van der Waals surface area contributed by atoms with E-state index in [0.717, 1.165) is 23.4 Å². The molecule has 5 nitrogen and oxygen atoms in total. The molecule has 0 aliphatic carbocycles. The van der Waals surface area contributed by atoms with Crippen LogP contribution in [0.2, 0.25) is 0 Å². The van der Waals surface area contributed by atoms with Gasteiger partial charge in [-0.2, -0.15) is 0 Å². The molecule has 0 saturated heterocycles. The van der Waals surface area contributed by atoms with E-state index in [1.54, 1.807) is 18.4 Å². The number of aromatic nitrogens is 1. The lowest BCUT2D eigenvalue weighted by atomic mass is 10.3. The molecule has 0 aliphatic rings. The molecule has 1 atom stereocenters. The van der Waals surface area contributed by atoms with Crippen LogP contribution in [0.15, 0.2) is 29.3 Å². The fraction of sp³-hybridized carbons (Fsp3) is 0.467. The number of nitrogens with zero attached hydrogens (tertiary/aromatic N) is 2. The number of ether oxygens (including phenoxy) is 1. The van der Waals surface area contributed by atoms with Gasteiger partial charge < -0.3 is 15.8 Å². The average molecular weight is 306 g/mol. The molecule has 21 heavy (non-hydrogen) atoms. The molecule has 0 amide bonds. The first-order valence-corrected chi connectivity index (χ1v) is 7.90. The van der Waals surface area contributed by atoms with Gasteiger partial charge in [-0.3, -0.25) is 4.99 Å². The number of hydrogen-bond donors (Lipinski definition) is 2. The Bertz CT molecular complexity index is 563.